The first-order valence-corrected chi connectivity index (χ1v) is 25.9. The minimum atomic E-state index is -1.85. The first-order chi connectivity index (χ1) is 24.4. The molecule has 0 aliphatic carbocycles. The van der Waals surface area contributed by atoms with Crippen molar-refractivity contribution in [1.82, 2.24) is 14.5 Å². The van der Waals surface area contributed by atoms with Gasteiger partial charge in [0, 0.05) is 30.5 Å². The number of benzene rings is 5. The summed E-state index contributed by atoms with van der Waals surface area (Å²) in [5.74, 6) is 8.76. The van der Waals surface area contributed by atoms with E-state index in [1.54, 1.807) is 0 Å². The Morgan fingerprint density at radius 3 is 2.15 bits per heavy atom. The second-order valence-corrected chi connectivity index (χ2v) is 27.3. The number of nitrogens with zero attached hydrogens (tertiary/aromatic N) is 3. The monoisotopic (exact) mass is 938 g/mol. The quantitative estimate of drug-likeness (QED) is 0.127. The maximum absolute atomic E-state index is 5.03. The molecule has 8 rings (SSSR count). The van der Waals surface area contributed by atoms with Crippen LogP contribution in [0.5, 0.6) is 0 Å². The van der Waals surface area contributed by atoms with Crippen LogP contribution in [0.2, 0.25) is 17.3 Å². The molecule has 3 aromatic heterocycles. The third kappa shape index (κ3) is 7.75. The second kappa shape index (κ2) is 15.2. The summed E-state index contributed by atoms with van der Waals surface area (Å²) >= 11 is -0.0242. The van der Waals surface area contributed by atoms with Crippen LogP contribution < -0.4 is 4.40 Å². The van der Waals surface area contributed by atoms with Gasteiger partial charge in [0.25, 0.3) is 0 Å². The average Bonchev–Trinajstić information content (AvgIpc) is 3.70. The van der Waals surface area contributed by atoms with Gasteiger partial charge in [-0.15, -0.1) is 23.8 Å². The van der Waals surface area contributed by atoms with E-state index in [0.717, 1.165) is 39.4 Å². The molecule has 265 valence electrons. The van der Waals surface area contributed by atoms with E-state index >= 15 is 0 Å². The third-order valence-electron chi connectivity index (χ3n) is 9.45. The Kier molecular flexibility index (Phi) is 11.1. The Labute approximate surface area is 328 Å². The molecule has 5 aromatic carbocycles. The molecule has 0 saturated heterocycles. The smallest absolute Gasteiger partial charge is 0 e. The summed E-state index contributed by atoms with van der Waals surface area (Å²) in [6.45, 7) is 11.3. The summed E-state index contributed by atoms with van der Waals surface area (Å²) in [5.41, 5.74) is 9.27. The van der Waals surface area contributed by atoms with Crippen LogP contribution >= 0.6 is 11.3 Å². The van der Waals surface area contributed by atoms with Gasteiger partial charge in [-0.3, -0.25) is 4.98 Å². The van der Waals surface area contributed by atoms with E-state index in [2.05, 4.69) is 171 Å². The van der Waals surface area contributed by atoms with Crippen molar-refractivity contribution in [3.63, 3.8) is 0 Å². The fourth-order valence-corrected chi connectivity index (χ4v) is 11.3. The Morgan fingerprint density at radius 2 is 1.46 bits per heavy atom. The van der Waals surface area contributed by atoms with Crippen molar-refractivity contribution in [2.45, 2.75) is 63.2 Å². The van der Waals surface area contributed by atoms with E-state index in [1.165, 1.54) is 35.7 Å². The Bertz CT molecular complexity index is 2470. The van der Waals surface area contributed by atoms with E-state index in [-0.39, 0.29) is 25.5 Å². The van der Waals surface area contributed by atoms with E-state index in [4.69, 9.17) is 4.98 Å². The number of aromatic nitrogens is 3. The van der Waals surface area contributed by atoms with E-state index < -0.39 is 13.3 Å². The van der Waals surface area contributed by atoms with Crippen LogP contribution in [0.4, 0.5) is 0 Å². The van der Waals surface area contributed by atoms with Crippen LogP contribution in [0.25, 0.3) is 59.5 Å². The largest absolute Gasteiger partial charge is 0 e. The molecule has 52 heavy (non-hydrogen) atoms. The first-order valence-electron chi connectivity index (χ1n) is 17.8. The molecular formula is C46H45GeIrN3S-2. The predicted molar refractivity (Wildman–Crippen MR) is 223 cm³/mol. The standard InChI is InChI=1S/C29H23N2S.C17H22GeN.Ir/c1-29(2,3)20-13-15-21(16-14-20)31-25-10-6-5-9-24(25)30-28(31)19-12-17-23-22-8-4-7-11-26(22)32-27(23)18-19;1-13(2)15-11-17(14-9-7-6-8-10-14)19-12-16(15)18(3,4)5;/h4-11,13-18H,1-3H3;6-9,11-13H,1-5H3;/q2*-1;. The number of pyridine rings is 1. The van der Waals surface area contributed by atoms with Crippen LogP contribution in [0, 0.1) is 12.1 Å². The molecule has 0 spiro atoms. The number of para-hydroxylation sites is 2. The van der Waals surface area contributed by atoms with Crippen molar-refractivity contribution >= 4 is 60.2 Å². The van der Waals surface area contributed by atoms with Crippen molar-refractivity contribution < 1.29 is 20.1 Å². The van der Waals surface area contributed by atoms with Crippen molar-refractivity contribution in [2.24, 2.45) is 0 Å². The number of hydrogen-bond acceptors (Lipinski definition) is 3. The topological polar surface area (TPSA) is 30.7 Å². The van der Waals surface area contributed by atoms with Crippen LogP contribution in [0.3, 0.4) is 0 Å². The fourth-order valence-electron chi connectivity index (χ4n) is 6.65. The molecule has 0 aliphatic rings. The summed E-state index contributed by atoms with van der Waals surface area (Å²) < 4.78 is 6.35. The van der Waals surface area contributed by atoms with Gasteiger partial charge in [-0.1, -0.05) is 68.6 Å². The molecule has 6 heteroatoms. The van der Waals surface area contributed by atoms with Gasteiger partial charge in [-0.05, 0) is 51.4 Å². The number of imidazole rings is 1. The summed E-state index contributed by atoms with van der Waals surface area (Å²) in [6, 6.07) is 47.3. The molecule has 0 fully saturated rings. The molecule has 3 nitrogen and oxygen atoms in total. The number of rotatable bonds is 5. The maximum Gasteiger partial charge on any atom is 0 e. The third-order valence-corrected chi connectivity index (χ3v) is 14.9. The van der Waals surface area contributed by atoms with E-state index in [0.29, 0.717) is 5.92 Å². The van der Waals surface area contributed by atoms with Crippen molar-refractivity contribution in [2.75, 3.05) is 0 Å². The second-order valence-electron chi connectivity index (χ2n) is 15.6. The van der Waals surface area contributed by atoms with E-state index in [1.807, 2.05) is 35.6 Å². The molecule has 0 unspecified atom stereocenters. The summed E-state index contributed by atoms with van der Waals surface area (Å²) in [4.78, 5) is 9.70. The van der Waals surface area contributed by atoms with Gasteiger partial charge >= 0.3 is 119 Å². The average molecular weight is 937 g/mol. The summed E-state index contributed by atoms with van der Waals surface area (Å²) in [6.07, 6.45) is 2.12. The molecule has 0 atom stereocenters. The SMILES string of the molecule is CC(C)(C)c1ccc(-n2c(-c3[c-]cc4c(c3)sc3ccccc34)nc3ccccc32)cc1.CC(C)c1cc(-c2[c-]cccc2)nc[c]1[Ge]([CH3])([CH3])[CH3].[Ir]. The predicted octanol–water partition coefficient (Wildman–Crippen LogP) is 12.4. The van der Waals surface area contributed by atoms with Crippen LogP contribution in [0.15, 0.2) is 121 Å². The minimum absolute atomic E-state index is 0. The molecule has 3 heterocycles. The maximum atomic E-state index is 5.03. The molecule has 8 aromatic rings. The number of hydrogen-bond donors (Lipinski definition) is 0. The van der Waals surface area contributed by atoms with Gasteiger partial charge < -0.3 is 4.57 Å². The molecule has 0 bridgehead atoms. The Balaban J connectivity index is 0.000000200. The first kappa shape index (κ1) is 37.9. The number of fused-ring (bicyclic) bond motifs is 4. The zero-order valence-electron chi connectivity index (χ0n) is 31.2. The van der Waals surface area contributed by atoms with Gasteiger partial charge in [0.2, 0.25) is 0 Å². The van der Waals surface area contributed by atoms with Gasteiger partial charge in [-0.2, -0.15) is 11.3 Å². The number of thiophene rings is 1. The van der Waals surface area contributed by atoms with Crippen LogP contribution in [-0.4, -0.2) is 27.8 Å². The van der Waals surface area contributed by atoms with Crippen molar-refractivity contribution in [3.8, 4) is 28.3 Å². The van der Waals surface area contributed by atoms with Crippen LogP contribution in [0.1, 0.15) is 51.7 Å². The van der Waals surface area contributed by atoms with Crippen molar-refractivity contribution in [3.05, 3.63) is 145 Å². The minimum Gasteiger partial charge on any atom is 0 e. The van der Waals surface area contributed by atoms with Crippen molar-refractivity contribution in [1.29, 1.82) is 0 Å². The van der Waals surface area contributed by atoms with Gasteiger partial charge in [0.1, 0.15) is 0 Å². The molecule has 0 N–H and O–H groups in total. The van der Waals surface area contributed by atoms with Gasteiger partial charge in [0.15, 0.2) is 0 Å². The van der Waals surface area contributed by atoms with E-state index in [9.17, 15) is 0 Å². The molecule has 0 amide bonds. The summed E-state index contributed by atoms with van der Waals surface area (Å²) in [5, 5.41) is 2.55. The zero-order valence-corrected chi connectivity index (χ0v) is 36.5. The summed E-state index contributed by atoms with van der Waals surface area (Å²) in [7, 11) is 0. The molecule has 0 aliphatic heterocycles. The zero-order chi connectivity index (χ0) is 35.9. The Morgan fingerprint density at radius 1 is 0.750 bits per heavy atom. The molecular weight excluding hydrogens is 891 g/mol. The van der Waals surface area contributed by atoms with Gasteiger partial charge in [-0.25, -0.2) is 0 Å². The normalized spacial score (nSPS) is 11.9. The van der Waals surface area contributed by atoms with Gasteiger partial charge in [0.05, 0.1) is 16.9 Å². The molecule has 0 saturated carbocycles. The van der Waals surface area contributed by atoms with Crippen LogP contribution in [-0.2, 0) is 25.5 Å². The molecule has 1 radical (unpaired) electrons. The fraction of sp³-hybridized carbons (Fsp3) is 0.217. The Hall–Kier alpha value is -3.87.